The van der Waals surface area contributed by atoms with E-state index in [1.807, 2.05) is 32.0 Å². The van der Waals surface area contributed by atoms with E-state index in [1.54, 1.807) is 36.4 Å². The van der Waals surface area contributed by atoms with Crippen LogP contribution >= 0.6 is 15.9 Å². The Morgan fingerprint density at radius 1 is 0.929 bits per heavy atom. The fourth-order valence-corrected chi connectivity index (χ4v) is 5.55. The largest absolute Gasteiger partial charge is 0.416 e. The fraction of sp³-hybridized carbons (Fsp3) is 0.333. The molecule has 12 heteroatoms. The first-order valence-corrected chi connectivity index (χ1v) is 15.8. The molecule has 0 saturated carbocycles. The molecule has 0 saturated heterocycles. The number of amides is 2. The van der Waals surface area contributed by atoms with Gasteiger partial charge in [-0.05, 0) is 47.4 Å². The molecule has 7 nitrogen and oxygen atoms in total. The van der Waals surface area contributed by atoms with Crippen molar-refractivity contribution in [2.75, 3.05) is 23.7 Å². The van der Waals surface area contributed by atoms with E-state index in [-0.39, 0.29) is 24.6 Å². The molecule has 0 aliphatic rings. The Morgan fingerprint density at radius 2 is 1.57 bits per heavy atom. The van der Waals surface area contributed by atoms with Gasteiger partial charge in [0.1, 0.15) is 12.6 Å². The monoisotopic (exact) mass is 667 g/mol. The van der Waals surface area contributed by atoms with E-state index in [4.69, 9.17) is 0 Å². The summed E-state index contributed by atoms with van der Waals surface area (Å²) in [5.41, 5.74) is 0.0681. The van der Waals surface area contributed by atoms with Gasteiger partial charge in [-0.3, -0.25) is 13.9 Å². The Labute approximate surface area is 252 Å². The molecule has 1 N–H and O–H groups in total. The number of anilines is 1. The molecule has 2 amide bonds. The average Bonchev–Trinajstić information content (AvgIpc) is 2.91. The third-order valence-corrected chi connectivity index (χ3v) is 7.97. The topological polar surface area (TPSA) is 86.8 Å². The number of hydrogen-bond donors (Lipinski definition) is 1. The molecule has 0 unspecified atom stereocenters. The second-order valence-corrected chi connectivity index (χ2v) is 13.1. The van der Waals surface area contributed by atoms with Gasteiger partial charge in [0.2, 0.25) is 21.8 Å². The van der Waals surface area contributed by atoms with Crippen molar-refractivity contribution in [2.24, 2.45) is 5.92 Å². The van der Waals surface area contributed by atoms with Crippen LogP contribution in [-0.4, -0.2) is 50.5 Å². The van der Waals surface area contributed by atoms with Gasteiger partial charge in [-0.2, -0.15) is 13.2 Å². The summed E-state index contributed by atoms with van der Waals surface area (Å²) in [5.74, 6) is -1.05. The minimum atomic E-state index is -4.72. The van der Waals surface area contributed by atoms with Gasteiger partial charge in [0.05, 0.1) is 17.5 Å². The Kier molecular flexibility index (Phi) is 11.2. The van der Waals surface area contributed by atoms with Crippen molar-refractivity contribution in [1.82, 2.24) is 10.2 Å². The lowest BCUT2D eigenvalue weighted by Gasteiger charge is -2.33. The Balaban J connectivity index is 2.07. The molecule has 0 radical (unpaired) electrons. The minimum Gasteiger partial charge on any atom is -0.354 e. The van der Waals surface area contributed by atoms with E-state index >= 15 is 0 Å². The molecule has 0 bridgehead atoms. The smallest absolute Gasteiger partial charge is 0.354 e. The van der Waals surface area contributed by atoms with Crippen molar-refractivity contribution in [2.45, 2.75) is 39.0 Å². The van der Waals surface area contributed by atoms with Gasteiger partial charge in [-0.25, -0.2) is 8.42 Å². The summed E-state index contributed by atoms with van der Waals surface area (Å²) in [6, 6.07) is 18.9. The van der Waals surface area contributed by atoms with Crippen molar-refractivity contribution in [3.8, 4) is 0 Å². The summed E-state index contributed by atoms with van der Waals surface area (Å²) < 4.78 is 67.3. The Morgan fingerprint density at radius 3 is 2.17 bits per heavy atom. The molecule has 0 aromatic heterocycles. The second kappa shape index (κ2) is 14.2. The van der Waals surface area contributed by atoms with Gasteiger partial charge >= 0.3 is 6.18 Å². The van der Waals surface area contributed by atoms with Crippen LogP contribution < -0.4 is 9.62 Å². The zero-order valence-electron chi connectivity index (χ0n) is 23.4. The number of halogens is 4. The predicted molar refractivity (Wildman–Crippen MR) is 160 cm³/mol. The molecule has 0 aliphatic heterocycles. The van der Waals surface area contributed by atoms with Crippen LogP contribution in [0.2, 0.25) is 0 Å². The van der Waals surface area contributed by atoms with Crippen LogP contribution in [0.4, 0.5) is 18.9 Å². The summed E-state index contributed by atoms with van der Waals surface area (Å²) in [6.07, 6.45) is -3.77. The number of nitrogens with one attached hydrogen (secondary N) is 1. The number of nitrogens with zero attached hydrogens (tertiary/aromatic N) is 2. The van der Waals surface area contributed by atoms with Crippen LogP contribution in [-0.2, 0) is 38.8 Å². The van der Waals surface area contributed by atoms with E-state index in [0.29, 0.717) is 22.5 Å². The maximum absolute atomic E-state index is 14.0. The summed E-state index contributed by atoms with van der Waals surface area (Å²) in [5, 5.41) is 2.88. The third-order valence-electron chi connectivity index (χ3n) is 6.34. The molecule has 3 aromatic rings. The Bertz CT molecular complexity index is 1480. The predicted octanol–water partition coefficient (Wildman–Crippen LogP) is 5.65. The van der Waals surface area contributed by atoms with Crippen molar-refractivity contribution in [1.29, 1.82) is 0 Å². The number of rotatable bonds is 12. The van der Waals surface area contributed by atoms with E-state index < -0.39 is 46.2 Å². The van der Waals surface area contributed by atoms with E-state index in [9.17, 15) is 31.2 Å². The van der Waals surface area contributed by atoms with Gasteiger partial charge in [-0.1, -0.05) is 78.3 Å². The summed E-state index contributed by atoms with van der Waals surface area (Å²) in [6.45, 7) is 3.34. The van der Waals surface area contributed by atoms with Crippen molar-refractivity contribution in [3.63, 3.8) is 0 Å². The van der Waals surface area contributed by atoms with Crippen LogP contribution in [0.15, 0.2) is 83.3 Å². The maximum Gasteiger partial charge on any atom is 0.416 e. The van der Waals surface area contributed by atoms with Gasteiger partial charge in [0.15, 0.2) is 0 Å². The van der Waals surface area contributed by atoms with E-state index in [2.05, 4.69) is 21.2 Å². The number of benzene rings is 3. The molecule has 3 aromatic carbocycles. The first kappa shape index (κ1) is 33.1. The normalized spacial score (nSPS) is 12.6. The number of alkyl halides is 3. The molecule has 3 rings (SSSR count). The highest BCUT2D eigenvalue weighted by Crippen LogP contribution is 2.32. The van der Waals surface area contributed by atoms with Crippen molar-refractivity contribution >= 4 is 43.5 Å². The molecular weight excluding hydrogens is 635 g/mol. The van der Waals surface area contributed by atoms with E-state index in [0.717, 1.165) is 28.4 Å². The maximum atomic E-state index is 14.0. The highest BCUT2D eigenvalue weighted by molar-refractivity contribution is 9.10. The molecule has 226 valence electrons. The highest BCUT2D eigenvalue weighted by Gasteiger charge is 2.35. The van der Waals surface area contributed by atoms with Gasteiger partial charge < -0.3 is 10.2 Å². The number of carbonyl (C=O) groups excluding carboxylic acids is 2. The second-order valence-electron chi connectivity index (χ2n) is 10.3. The van der Waals surface area contributed by atoms with Crippen molar-refractivity contribution < 1.29 is 31.2 Å². The molecular formula is C30H33BrF3N3O4S. The summed E-state index contributed by atoms with van der Waals surface area (Å²) >= 11 is 3.41. The minimum absolute atomic E-state index is 0.0505. The van der Waals surface area contributed by atoms with Gasteiger partial charge in [-0.15, -0.1) is 0 Å². The SMILES string of the molecule is CC(C)CNC(=O)[C@H](Cc1ccccc1)N(Cc1cccc(Br)c1)C(=O)CN(c1cccc(C(F)(F)F)c1)S(C)(=O)=O. The molecule has 0 fully saturated rings. The Hall–Kier alpha value is -3.38. The van der Waals surface area contributed by atoms with Gasteiger partial charge in [0, 0.05) is 24.0 Å². The lowest BCUT2D eigenvalue weighted by atomic mass is 10.0. The zero-order valence-corrected chi connectivity index (χ0v) is 25.8. The lowest BCUT2D eigenvalue weighted by molar-refractivity contribution is -0.140. The van der Waals surface area contributed by atoms with Crippen molar-refractivity contribution in [3.05, 3.63) is 100 Å². The first-order valence-electron chi connectivity index (χ1n) is 13.2. The third kappa shape index (κ3) is 9.59. The van der Waals surface area contributed by atoms with Crippen LogP contribution in [0, 0.1) is 5.92 Å². The molecule has 1 atom stereocenters. The standard InChI is InChI=1S/C30H33BrF3N3O4S/c1-21(2)18-35-29(39)27(16-22-9-5-4-6-10-22)36(19-23-11-7-13-25(31)15-23)28(38)20-37(42(3,40)41)26-14-8-12-24(17-26)30(32,33)34/h4-15,17,21,27H,16,18-20H2,1-3H3,(H,35,39)/t27-/m0/s1. The summed E-state index contributed by atoms with van der Waals surface area (Å²) in [7, 11) is -4.20. The van der Waals surface area contributed by atoms with Gasteiger partial charge in [0.25, 0.3) is 0 Å². The quantitative estimate of drug-likeness (QED) is 0.271. The molecule has 42 heavy (non-hydrogen) atoms. The highest BCUT2D eigenvalue weighted by atomic mass is 79.9. The van der Waals surface area contributed by atoms with Crippen LogP contribution in [0.5, 0.6) is 0 Å². The van der Waals surface area contributed by atoms with Crippen LogP contribution in [0.25, 0.3) is 0 Å². The van der Waals surface area contributed by atoms with Crippen LogP contribution in [0.3, 0.4) is 0 Å². The summed E-state index contributed by atoms with van der Waals surface area (Å²) in [4.78, 5) is 28.9. The first-order chi connectivity index (χ1) is 19.6. The molecule has 0 heterocycles. The number of sulfonamides is 1. The zero-order chi connectivity index (χ0) is 31.1. The van der Waals surface area contributed by atoms with Crippen LogP contribution in [0.1, 0.15) is 30.5 Å². The number of hydrogen-bond acceptors (Lipinski definition) is 4. The number of carbonyl (C=O) groups is 2. The van der Waals surface area contributed by atoms with E-state index in [1.165, 1.54) is 11.0 Å². The molecule has 0 spiro atoms. The lowest BCUT2D eigenvalue weighted by Crippen LogP contribution is -2.53. The average molecular weight is 669 g/mol. The molecule has 0 aliphatic carbocycles. The fourth-order valence-electron chi connectivity index (χ4n) is 4.26.